The minimum atomic E-state index is -0.167. The molecule has 0 fully saturated rings. The fraction of sp³-hybridized carbons (Fsp3) is 0.667. The fourth-order valence-electron chi connectivity index (χ4n) is 1.15. The Morgan fingerprint density at radius 3 is 0.683 bits per heavy atom. The molecule has 0 amide bonds. The number of nitrogens with two attached hydrogens (primary N) is 5. The normalized spacial score (nSPS) is 5.95. The molecule has 0 spiro atoms. The van der Waals surface area contributed by atoms with Crippen molar-refractivity contribution in [3.05, 3.63) is 35.9 Å². The molecule has 0 radical (unpaired) electrons. The number of ether oxygens (including phenoxy) is 1. The Balaban J connectivity index is -0.0000000145. The molecule has 0 aliphatic rings. The molecule has 0 unspecified atom stereocenters. The first kappa shape index (κ1) is 138. The van der Waals surface area contributed by atoms with E-state index in [-0.39, 0.29) is 30.2 Å². The summed E-state index contributed by atoms with van der Waals surface area (Å²) >= 11 is 0. The predicted octanol–water partition coefficient (Wildman–Crippen LogP) is 6.47. The topological polar surface area (TPSA) is 401 Å². The highest BCUT2D eigenvalue weighted by Crippen LogP contribution is 2.04. The van der Waals surface area contributed by atoms with E-state index < -0.39 is 0 Å². The number of hydrogen-bond acceptors (Lipinski definition) is 18. The molecule has 1 aromatic carbocycles. The van der Waals surface area contributed by atoms with Gasteiger partial charge in [-0.05, 0) is 101 Å². The zero-order chi connectivity index (χ0) is 51.9. The van der Waals surface area contributed by atoms with Gasteiger partial charge in [-0.1, -0.05) is 105 Å². The third-order valence-electron chi connectivity index (χ3n) is 3.46. The largest absolute Gasteiger partial charge is 0.394 e. The van der Waals surface area contributed by atoms with Crippen molar-refractivity contribution in [1.82, 2.24) is 18.5 Å². The third kappa shape index (κ3) is 762. The second-order valence-electron chi connectivity index (χ2n) is 9.08. The van der Waals surface area contributed by atoms with Crippen molar-refractivity contribution in [2.24, 2.45) is 40.5 Å². The molecule has 0 heterocycles. The van der Waals surface area contributed by atoms with Gasteiger partial charge in [0.25, 0.3) is 0 Å². The number of hydrogen-bond donors (Lipinski definition) is 9. The lowest BCUT2D eigenvalue weighted by atomic mass is 10.2. The van der Waals surface area contributed by atoms with E-state index in [0.717, 1.165) is 24.9 Å². The number of carbonyl (C=O) groups excluding carboxylic acids is 8. The summed E-state index contributed by atoms with van der Waals surface area (Å²) in [5.74, 6) is 1.77. The lowest BCUT2D eigenvalue weighted by Gasteiger charge is -2.17. The zero-order valence-corrected chi connectivity index (χ0v) is 43.2. The van der Waals surface area contributed by atoms with Crippen LogP contribution < -0.4 is 47.1 Å². The van der Waals surface area contributed by atoms with Crippen molar-refractivity contribution in [3.8, 4) is 0 Å². The molecule has 0 saturated carbocycles. The highest BCUT2D eigenvalue weighted by Gasteiger charge is 2.06. The summed E-state index contributed by atoms with van der Waals surface area (Å²) in [7, 11) is 7.50. The number of carbonyl (C=O) groups is 8. The summed E-state index contributed by atoms with van der Waals surface area (Å²) < 4.78 is 5.23. The zero-order valence-electron chi connectivity index (χ0n) is 43.2. The number of benzene rings is 1. The van der Waals surface area contributed by atoms with Crippen LogP contribution in [0, 0.1) is 11.8 Å². The first-order valence-electron chi connectivity index (χ1n) is 17.8. The van der Waals surface area contributed by atoms with Crippen molar-refractivity contribution < 1.29 is 48.2 Å². The third-order valence-corrected chi connectivity index (χ3v) is 3.46. The highest BCUT2D eigenvalue weighted by molar-refractivity contribution is 5.14. The van der Waals surface area contributed by atoms with Crippen LogP contribution in [0.25, 0.3) is 0 Å². The first-order valence-corrected chi connectivity index (χ1v) is 17.8. The number of aryl methyl sites for hydroxylation is 1. The average Bonchev–Trinajstić information content (AvgIpc) is 3.31. The highest BCUT2D eigenvalue weighted by atomic mass is 16.5. The Bertz CT molecular complexity index is 510. The predicted molar refractivity (Wildman–Crippen MR) is 269 cm³/mol. The molecule has 0 saturated heterocycles. The molecule has 18 heteroatoms. The molecule has 1 aromatic rings. The van der Waals surface area contributed by atoms with Crippen LogP contribution in [-0.2, 0) is 49.5 Å². The summed E-state index contributed by atoms with van der Waals surface area (Å²) in [6, 6.07) is 10.5. The lowest BCUT2D eigenvalue weighted by molar-refractivity contribution is -0.0987. The van der Waals surface area contributed by atoms with Gasteiger partial charge in [-0.25, -0.2) is 0 Å². The van der Waals surface area contributed by atoms with Crippen molar-refractivity contribution in [1.29, 1.82) is 0 Å². The van der Waals surface area contributed by atoms with Gasteiger partial charge in [0.15, 0.2) is 0 Å². The van der Waals surface area contributed by atoms with Gasteiger partial charge in [0.1, 0.15) is 54.3 Å². The minimum Gasteiger partial charge on any atom is -0.394 e. The van der Waals surface area contributed by atoms with Gasteiger partial charge in [-0.3, -0.25) is 0 Å². The van der Waals surface area contributed by atoms with Crippen LogP contribution >= 0.6 is 0 Å². The quantitative estimate of drug-likeness (QED) is 0.156. The van der Waals surface area contributed by atoms with Gasteiger partial charge in [0, 0.05) is 12.7 Å². The maximum Gasteiger partial charge on any atom is 0.106 e. The van der Waals surface area contributed by atoms with E-state index >= 15 is 0 Å². The molecule has 0 aliphatic heterocycles. The van der Waals surface area contributed by atoms with Crippen LogP contribution in [0.1, 0.15) is 122 Å². The van der Waals surface area contributed by atoms with Crippen LogP contribution in [0.3, 0.4) is 0 Å². The second kappa shape index (κ2) is 277. The number of aliphatic hydroxyl groups is 1. The van der Waals surface area contributed by atoms with Crippen LogP contribution in [0.15, 0.2) is 30.3 Å². The summed E-state index contributed by atoms with van der Waals surface area (Å²) in [6.07, 6.45) is 3.58. The Hall–Kier alpha value is -3.82. The minimum absolute atomic E-state index is 0. The Morgan fingerprint density at radius 2 is 0.633 bits per heavy atom. The van der Waals surface area contributed by atoms with Crippen LogP contribution in [0.4, 0.5) is 0 Å². The Morgan fingerprint density at radius 1 is 0.483 bits per heavy atom. The molecule has 0 bridgehead atoms. The standard InChI is InChI=1S/C8H10.C6H14O.2C5H12.C3H8O.C2H6.5CH5N.8CH2O.3H3N/c1-2-8-6-4-3-5-7-8;1-5-7-6(2,3)4;2*1-4-5(2)3;1-3(2)4;14*1-2;;;/h3-7H,2H2,1H3;5H2,1-4H3;2*5H,4H2,1-3H3;3-4H,1-2H3;1-2H3;5*2H2,1H3;8*1H2;3*1H3. The van der Waals surface area contributed by atoms with Crippen molar-refractivity contribution in [2.75, 3.05) is 41.8 Å². The summed E-state index contributed by atoms with van der Waals surface area (Å²) in [6.45, 7) is 47.9. The van der Waals surface area contributed by atoms with Gasteiger partial charge < -0.3 is 95.3 Å². The molecular formula is C42H112N8O10. The van der Waals surface area contributed by atoms with E-state index in [1.54, 1.807) is 13.8 Å². The smallest absolute Gasteiger partial charge is 0.106 e. The van der Waals surface area contributed by atoms with Crippen molar-refractivity contribution in [3.63, 3.8) is 0 Å². The molecule has 1 rings (SSSR count). The number of aliphatic hydroxyl groups excluding tert-OH is 1. The summed E-state index contributed by atoms with van der Waals surface area (Å²) in [4.78, 5) is 64.0. The second-order valence-corrected chi connectivity index (χ2v) is 9.08. The Labute approximate surface area is 373 Å². The van der Waals surface area contributed by atoms with Gasteiger partial charge in [-0.15, -0.1) is 0 Å². The molecule has 18 nitrogen and oxygen atoms in total. The first-order chi connectivity index (χ1) is 27.3. The number of rotatable bonds is 4. The molecular weight excluding hydrogens is 777 g/mol. The molecule has 20 N–H and O–H groups in total. The van der Waals surface area contributed by atoms with E-state index in [1.807, 2.05) is 81.2 Å². The molecule has 0 aliphatic carbocycles. The van der Waals surface area contributed by atoms with Gasteiger partial charge in [0.2, 0.25) is 0 Å². The van der Waals surface area contributed by atoms with E-state index in [4.69, 9.17) is 48.2 Å². The molecule has 380 valence electrons. The van der Waals surface area contributed by atoms with Crippen LogP contribution in [0.5, 0.6) is 0 Å². The van der Waals surface area contributed by atoms with Gasteiger partial charge >= 0.3 is 0 Å². The van der Waals surface area contributed by atoms with Gasteiger partial charge in [0.05, 0.1) is 5.60 Å². The van der Waals surface area contributed by atoms with Crippen molar-refractivity contribution >= 4 is 54.3 Å². The van der Waals surface area contributed by atoms with E-state index in [2.05, 4.69) is 122 Å². The maximum absolute atomic E-state index is 8.06. The Kier molecular flexibility index (Phi) is 638. The van der Waals surface area contributed by atoms with E-state index in [0.29, 0.717) is 0 Å². The van der Waals surface area contributed by atoms with E-state index in [1.165, 1.54) is 53.6 Å². The van der Waals surface area contributed by atoms with Gasteiger partial charge in [-0.2, -0.15) is 0 Å². The SMILES string of the molecule is C=O.C=O.C=O.C=O.C=O.C=O.C=O.C=O.CC.CC(C)O.CCC(C)C.CCC(C)C.CCOC(C)(C)C.CCc1ccccc1.CN.CN.CN.CN.CN.N.N.N. The van der Waals surface area contributed by atoms with Crippen molar-refractivity contribution in [2.45, 2.75) is 135 Å². The van der Waals surface area contributed by atoms with E-state index in [9.17, 15) is 0 Å². The molecule has 0 aromatic heterocycles. The lowest BCUT2D eigenvalue weighted by Crippen LogP contribution is -2.18. The maximum atomic E-state index is 8.06. The fourth-order valence-corrected chi connectivity index (χ4v) is 1.15. The summed E-state index contributed by atoms with van der Waals surface area (Å²) in [5.41, 5.74) is 24.0. The monoisotopic (exact) mass is 889 g/mol. The van der Waals surface area contributed by atoms with Crippen LogP contribution in [0.2, 0.25) is 0 Å². The molecule has 0 atom stereocenters. The molecule has 60 heavy (non-hydrogen) atoms. The summed E-state index contributed by atoms with van der Waals surface area (Å²) in [5, 5.41) is 8.06. The van der Waals surface area contributed by atoms with Crippen LogP contribution in [-0.4, -0.2) is 113 Å². The average molecular weight is 889 g/mol.